The molecule has 1 fully saturated rings. The molecule has 0 radical (unpaired) electrons. The summed E-state index contributed by atoms with van der Waals surface area (Å²) in [7, 11) is 0. The minimum absolute atomic E-state index is 0.0806. The number of benzene rings is 2. The first-order chi connectivity index (χ1) is 15.9. The van der Waals surface area contributed by atoms with Gasteiger partial charge >= 0.3 is 0 Å². The van der Waals surface area contributed by atoms with E-state index in [-0.39, 0.29) is 37.4 Å². The number of amides is 2. The van der Waals surface area contributed by atoms with Gasteiger partial charge in [-0.1, -0.05) is 36.4 Å². The van der Waals surface area contributed by atoms with Gasteiger partial charge in [-0.15, -0.1) is 11.3 Å². The molecule has 8 heteroatoms. The van der Waals surface area contributed by atoms with Crippen LogP contribution in [0.5, 0.6) is 5.75 Å². The number of aliphatic hydroxyl groups is 1. The van der Waals surface area contributed by atoms with Crippen molar-refractivity contribution in [1.82, 2.24) is 9.88 Å². The van der Waals surface area contributed by atoms with Gasteiger partial charge in [0.25, 0.3) is 0 Å². The third-order valence-corrected chi connectivity index (χ3v) is 6.62. The zero-order valence-corrected chi connectivity index (χ0v) is 19.8. The lowest BCUT2D eigenvalue weighted by molar-refractivity contribution is -0.134. The average Bonchev–Trinajstić information content (AvgIpc) is 3.44. The van der Waals surface area contributed by atoms with E-state index < -0.39 is 6.10 Å². The number of aliphatic hydroxyl groups excluding tert-OH is 1. The summed E-state index contributed by atoms with van der Waals surface area (Å²) in [6.45, 7) is 4.78. The smallest absolute Gasteiger partial charge is 0.228 e. The van der Waals surface area contributed by atoms with Crippen LogP contribution >= 0.6 is 11.3 Å². The van der Waals surface area contributed by atoms with Crippen LogP contribution < -0.4 is 9.64 Å². The fourth-order valence-electron chi connectivity index (χ4n) is 4.00. The highest BCUT2D eigenvalue weighted by atomic mass is 32.1. The van der Waals surface area contributed by atoms with Crippen molar-refractivity contribution < 1.29 is 19.4 Å². The predicted octanol–water partition coefficient (Wildman–Crippen LogP) is 3.64. The monoisotopic (exact) mass is 467 g/mol. The second kappa shape index (κ2) is 10.3. The number of nitrogens with zero attached hydrogens (tertiary/aromatic N) is 3. The van der Waals surface area contributed by atoms with Gasteiger partial charge < -0.3 is 14.7 Å². The summed E-state index contributed by atoms with van der Waals surface area (Å²) >= 11 is 1.39. The van der Waals surface area contributed by atoms with Crippen LogP contribution in [0.4, 0.5) is 5.13 Å². The largest absolute Gasteiger partial charge is 0.490 e. The van der Waals surface area contributed by atoms with Crippen molar-refractivity contribution in [2.45, 2.75) is 45.3 Å². The Kier molecular flexibility index (Phi) is 7.25. The van der Waals surface area contributed by atoms with Crippen molar-refractivity contribution in [3.8, 4) is 5.75 Å². The van der Waals surface area contributed by atoms with Crippen LogP contribution in [0.1, 0.15) is 32.4 Å². The van der Waals surface area contributed by atoms with Gasteiger partial charge in [0, 0.05) is 29.8 Å². The van der Waals surface area contributed by atoms with E-state index in [1.807, 2.05) is 61.7 Å². The highest BCUT2D eigenvalue weighted by Crippen LogP contribution is 2.26. The highest BCUT2D eigenvalue weighted by Gasteiger charge is 2.26. The molecule has 1 saturated heterocycles. The SMILES string of the molecule is CC(C)N(C[C@@H](O)COc1cccc2ccccc12)C(=O)Cc1csc(N2CCCC2=O)n1. The van der Waals surface area contributed by atoms with Gasteiger partial charge in [0.2, 0.25) is 11.8 Å². The second-order valence-electron chi connectivity index (χ2n) is 8.53. The van der Waals surface area contributed by atoms with E-state index in [1.54, 1.807) is 9.80 Å². The van der Waals surface area contributed by atoms with Crippen LogP contribution in [-0.4, -0.2) is 58.6 Å². The number of carbonyl (C=O) groups is 2. The lowest BCUT2D eigenvalue weighted by atomic mass is 10.1. The second-order valence-corrected chi connectivity index (χ2v) is 9.37. The summed E-state index contributed by atoms with van der Waals surface area (Å²) in [6.07, 6.45) is 0.692. The maximum absolute atomic E-state index is 13.0. The zero-order chi connectivity index (χ0) is 23.4. The van der Waals surface area contributed by atoms with E-state index in [2.05, 4.69) is 4.98 Å². The summed E-state index contributed by atoms with van der Waals surface area (Å²) in [4.78, 5) is 32.8. The molecule has 2 aromatic carbocycles. The van der Waals surface area contributed by atoms with Crippen molar-refractivity contribution in [1.29, 1.82) is 0 Å². The Balaban J connectivity index is 1.35. The third kappa shape index (κ3) is 5.51. The van der Waals surface area contributed by atoms with Crippen LogP contribution in [0, 0.1) is 0 Å². The van der Waals surface area contributed by atoms with E-state index in [9.17, 15) is 14.7 Å². The number of aromatic nitrogens is 1. The third-order valence-electron chi connectivity index (χ3n) is 5.71. The number of carbonyl (C=O) groups excluding carboxylic acids is 2. The number of rotatable bonds is 9. The van der Waals surface area contributed by atoms with Crippen molar-refractivity contribution >= 4 is 39.1 Å². The molecule has 1 atom stereocenters. The number of thiazole rings is 1. The van der Waals surface area contributed by atoms with E-state index in [4.69, 9.17) is 4.74 Å². The summed E-state index contributed by atoms with van der Waals surface area (Å²) in [6, 6.07) is 13.7. The Morgan fingerprint density at radius 1 is 1.24 bits per heavy atom. The van der Waals surface area contributed by atoms with Crippen LogP contribution in [-0.2, 0) is 16.0 Å². The summed E-state index contributed by atoms with van der Waals surface area (Å²) in [5.74, 6) is 0.681. The minimum atomic E-state index is -0.830. The first kappa shape index (κ1) is 23.2. The van der Waals surface area contributed by atoms with Gasteiger partial charge in [0.1, 0.15) is 18.5 Å². The number of fused-ring (bicyclic) bond motifs is 1. The molecule has 3 aromatic rings. The molecule has 2 heterocycles. The lowest BCUT2D eigenvalue weighted by Gasteiger charge is -2.29. The zero-order valence-electron chi connectivity index (χ0n) is 18.9. The summed E-state index contributed by atoms with van der Waals surface area (Å²) in [5, 5.41) is 15.2. The molecular formula is C25H29N3O4S. The molecule has 0 saturated carbocycles. The van der Waals surface area contributed by atoms with E-state index >= 15 is 0 Å². The summed E-state index contributed by atoms with van der Waals surface area (Å²) in [5.41, 5.74) is 0.645. The van der Waals surface area contributed by atoms with Crippen LogP contribution in [0.3, 0.4) is 0 Å². The summed E-state index contributed by atoms with van der Waals surface area (Å²) < 4.78 is 5.89. The number of hydrogen-bond acceptors (Lipinski definition) is 6. The lowest BCUT2D eigenvalue weighted by Crippen LogP contribution is -2.44. The van der Waals surface area contributed by atoms with Crippen LogP contribution in [0.2, 0.25) is 0 Å². The molecular weight excluding hydrogens is 438 g/mol. The number of hydrogen-bond donors (Lipinski definition) is 1. The van der Waals surface area contributed by atoms with Gasteiger partial charge in [-0.2, -0.15) is 0 Å². The fraction of sp³-hybridized carbons (Fsp3) is 0.400. The van der Waals surface area contributed by atoms with Gasteiger partial charge in [-0.3, -0.25) is 14.5 Å². The quantitative estimate of drug-likeness (QED) is 0.520. The molecule has 174 valence electrons. The van der Waals surface area contributed by atoms with Gasteiger partial charge in [0.05, 0.1) is 18.7 Å². The average molecular weight is 468 g/mol. The predicted molar refractivity (Wildman–Crippen MR) is 130 cm³/mol. The Bertz CT molecular complexity index is 1120. The number of anilines is 1. The molecule has 7 nitrogen and oxygen atoms in total. The highest BCUT2D eigenvalue weighted by molar-refractivity contribution is 7.14. The molecule has 0 bridgehead atoms. The van der Waals surface area contributed by atoms with Gasteiger partial charge in [0.15, 0.2) is 5.13 Å². The molecule has 4 rings (SSSR count). The molecule has 0 aliphatic carbocycles. The standard InChI is InChI=1S/C25H29N3O4S/c1-17(2)28(24(31)13-19-16-33-25(26-19)27-12-6-11-23(27)30)14-20(29)15-32-22-10-5-8-18-7-3-4-9-21(18)22/h3-5,7-10,16-17,20,29H,6,11-15H2,1-2H3/t20-/m1/s1. The molecule has 2 amide bonds. The van der Waals surface area contributed by atoms with Crippen molar-refractivity contribution in [3.05, 3.63) is 53.5 Å². The minimum Gasteiger partial charge on any atom is -0.490 e. The van der Waals surface area contributed by atoms with E-state index in [1.165, 1.54) is 11.3 Å². The molecule has 33 heavy (non-hydrogen) atoms. The molecule has 1 aliphatic rings. The maximum Gasteiger partial charge on any atom is 0.228 e. The molecule has 1 aromatic heterocycles. The molecule has 1 N–H and O–H groups in total. The Morgan fingerprint density at radius 2 is 2.03 bits per heavy atom. The fourth-order valence-corrected chi connectivity index (χ4v) is 4.86. The van der Waals surface area contributed by atoms with Gasteiger partial charge in [-0.05, 0) is 31.7 Å². The van der Waals surface area contributed by atoms with Crippen LogP contribution in [0.15, 0.2) is 47.8 Å². The van der Waals surface area contributed by atoms with E-state index in [0.717, 1.165) is 17.2 Å². The van der Waals surface area contributed by atoms with Crippen molar-refractivity contribution in [3.63, 3.8) is 0 Å². The van der Waals surface area contributed by atoms with Gasteiger partial charge in [-0.25, -0.2) is 4.98 Å². The first-order valence-corrected chi connectivity index (χ1v) is 12.1. The molecule has 0 spiro atoms. The Morgan fingerprint density at radius 3 is 2.79 bits per heavy atom. The molecule has 1 aliphatic heterocycles. The topological polar surface area (TPSA) is 83.0 Å². The van der Waals surface area contributed by atoms with E-state index in [0.29, 0.717) is 29.5 Å². The molecule has 0 unspecified atom stereocenters. The normalized spacial score (nSPS) is 14.8. The first-order valence-electron chi connectivity index (χ1n) is 11.2. The maximum atomic E-state index is 13.0. The van der Waals surface area contributed by atoms with Crippen molar-refractivity contribution in [2.75, 3.05) is 24.6 Å². The van der Waals surface area contributed by atoms with Crippen molar-refractivity contribution in [2.24, 2.45) is 0 Å². The Labute approximate surface area is 197 Å². The number of ether oxygens (including phenoxy) is 1. The van der Waals surface area contributed by atoms with Crippen LogP contribution in [0.25, 0.3) is 10.8 Å². The Hall–Kier alpha value is -2.97.